The molecule has 2 nitrogen and oxygen atoms in total. The first-order valence-electron chi connectivity index (χ1n) is 6.62. The number of fused-ring (bicyclic) bond motifs is 1. The summed E-state index contributed by atoms with van der Waals surface area (Å²) in [6.45, 7) is 0. The maximum atomic E-state index is 6.33. The van der Waals surface area contributed by atoms with Crippen LogP contribution in [0.4, 0.5) is 0 Å². The molecule has 0 aliphatic heterocycles. The van der Waals surface area contributed by atoms with Gasteiger partial charge in [0.05, 0.1) is 7.11 Å². The van der Waals surface area contributed by atoms with Gasteiger partial charge in [0.15, 0.2) is 0 Å². The fourth-order valence-corrected chi connectivity index (χ4v) is 3.37. The van der Waals surface area contributed by atoms with E-state index in [2.05, 4.69) is 29.6 Å². The first-order valence-corrected chi connectivity index (χ1v) is 7.50. The molecule has 0 saturated heterocycles. The second-order valence-corrected chi connectivity index (χ2v) is 5.75. The lowest BCUT2D eigenvalue weighted by Gasteiger charge is -2.12. The molecule has 102 valence electrons. The Morgan fingerprint density at radius 1 is 1.10 bits per heavy atom. The Hall–Kier alpha value is -1.84. The fourth-order valence-electron chi connectivity index (χ4n) is 2.40. The predicted octanol–water partition coefficient (Wildman–Crippen LogP) is 4.15. The zero-order valence-electron chi connectivity index (χ0n) is 11.4. The van der Waals surface area contributed by atoms with Crippen LogP contribution in [0.2, 0.25) is 0 Å². The highest BCUT2D eigenvalue weighted by Gasteiger charge is 2.10. The Morgan fingerprint density at radius 2 is 1.85 bits per heavy atom. The summed E-state index contributed by atoms with van der Waals surface area (Å²) < 4.78 is 6.50. The maximum Gasteiger partial charge on any atom is 0.118 e. The van der Waals surface area contributed by atoms with Crippen LogP contribution in [0.25, 0.3) is 10.1 Å². The molecule has 0 amide bonds. The molecule has 3 aromatic rings. The van der Waals surface area contributed by atoms with E-state index in [4.69, 9.17) is 10.5 Å². The van der Waals surface area contributed by atoms with Crippen molar-refractivity contribution in [3.05, 3.63) is 65.0 Å². The number of methoxy groups -OCH3 is 1. The summed E-state index contributed by atoms with van der Waals surface area (Å²) in [6.07, 6.45) is 0.857. The number of rotatable bonds is 4. The first-order chi connectivity index (χ1) is 9.78. The number of thiophene rings is 1. The van der Waals surface area contributed by atoms with Crippen molar-refractivity contribution in [1.82, 2.24) is 0 Å². The van der Waals surface area contributed by atoms with Crippen LogP contribution in [0.5, 0.6) is 5.75 Å². The van der Waals surface area contributed by atoms with Crippen LogP contribution < -0.4 is 10.5 Å². The fraction of sp³-hybridized carbons (Fsp3) is 0.176. The topological polar surface area (TPSA) is 35.2 Å². The van der Waals surface area contributed by atoms with Gasteiger partial charge in [-0.25, -0.2) is 0 Å². The zero-order valence-corrected chi connectivity index (χ0v) is 12.2. The van der Waals surface area contributed by atoms with Crippen LogP contribution in [0.15, 0.2) is 53.9 Å². The van der Waals surface area contributed by atoms with Crippen molar-refractivity contribution in [2.45, 2.75) is 12.5 Å². The summed E-state index contributed by atoms with van der Waals surface area (Å²) in [5, 5.41) is 3.54. The third kappa shape index (κ3) is 2.55. The minimum absolute atomic E-state index is 0.0129. The molecule has 0 radical (unpaired) electrons. The van der Waals surface area contributed by atoms with Gasteiger partial charge in [0.25, 0.3) is 0 Å². The third-order valence-corrected chi connectivity index (χ3v) is 4.56. The minimum atomic E-state index is 0.0129. The quantitative estimate of drug-likeness (QED) is 0.780. The van der Waals surface area contributed by atoms with Crippen LogP contribution in [0.3, 0.4) is 0 Å². The predicted molar refractivity (Wildman–Crippen MR) is 85.5 cm³/mol. The highest BCUT2D eigenvalue weighted by atomic mass is 32.1. The lowest BCUT2D eigenvalue weighted by molar-refractivity contribution is 0.414. The van der Waals surface area contributed by atoms with Gasteiger partial charge in [-0.2, -0.15) is 0 Å². The zero-order chi connectivity index (χ0) is 13.9. The van der Waals surface area contributed by atoms with Crippen LogP contribution in [-0.4, -0.2) is 7.11 Å². The molecule has 2 aromatic carbocycles. The van der Waals surface area contributed by atoms with Crippen molar-refractivity contribution in [2.24, 2.45) is 5.73 Å². The Bertz CT molecular complexity index is 702. The molecule has 20 heavy (non-hydrogen) atoms. The van der Waals surface area contributed by atoms with E-state index in [1.807, 2.05) is 24.3 Å². The van der Waals surface area contributed by atoms with E-state index in [1.165, 1.54) is 15.6 Å². The summed E-state index contributed by atoms with van der Waals surface area (Å²) in [4.78, 5) is 0. The normalized spacial score (nSPS) is 12.5. The highest BCUT2D eigenvalue weighted by Crippen LogP contribution is 2.29. The van der Waals surface area contributed by atoms with E-state index in [0.29, 0.717) is 0 Å². The van der Waals surface area contributed by atoms with Gasteiger partial charge in [-0.05, 0) is 46.5 Å². The average molecular weight is 283 g/mol. The molecule has 0 fully saturated rings. The van der Waals surface area contributed by atoms with Gasteiger partial charge in [0.1, 0.15) is 5.75 Å². The van der Waals surface area contributed by atoms with E-state index in [0.717, 1.165) is 17.7 Å². The van der Waals surface area contributed by atoms with E-state index < -0.39 is 0 Å². The lowest BCUT2D eigenvalue weighted by atomic mass is 9.99. The van der Waals surface area contributed by atoms with Crippen molar-refractivity contribution in [2.75, 3.05) is 7.11 Å². The number of benzene rings is 2. The van der Waals surface area contributed by atoms with Crippen molar-refractivity contribution in [1.29, 1.82) is 0 Å². The van der Waals surface area contributed by atoms with E-state index >= 15 is 0 Å². The molecule has 0 aliphatic carbocycles. The van der Waals surface area contributed by atoms with Crippen molar-refractivity contribution < 1.29 is 4.74 Å². The molecule has 0 bridgehead atoms. The number of hydrogen-bond donors (Lipinski definition) is 1. The van der Waals surface area contributed by atoms with Gasteiger partial charge in [-0.1, -0.05) is 30.3 Å². The number of ether oxygens (including phenoxy) is 1. The Labute approximate surface area is 122 Å². The second kappa shape index (κ2) is 5.65. The van der Waals surface area contributed by atoms with Crippen molar-refractivity contribution >= 4 is 21.4 Å². The van der Waals surface area contributed by atoms with E-state index in [-0.39, 0.29) is 6.04 Å². The molecule has 0 aliphatic rings. The molecule has 2 N–H and O–H groups in total. The largest absolute Gasteiger partial charge is 0.497 e. The van der Waals surface area contributed by atoms with Gasteiger partial charge in [0, 0.05) is 10.7 Å². The van der Waals surface area contributed by atoms with Gasteiger partial charge in [-0.15, -0.1) is 11.3 Å². The van der Waals surface area contributed by atoms with Gasteiger partial charge in [-0.3, -0.25) is 0 Å². The molecule has 1 aromatic heterocycles. The van der Waals surface area contributed by atoms with Gasteiger partial charge < -0.3 is 10.5 Å². The summed E-state index contributed by atoms with van der Waals surface area (Å²) in [7, 11) is 1.67. The van der Waals surface area contributed by atoms with E-state index in [9.17, 15) is 0 Å². The number of hydrogen-bond acceptors (Lipinski definition) is 3. The van der Waals surface area contributed by atoms with Crippen LogP contribution in [0.1, 0.15) is 17.2 Å². The maximum absolute atomic E-state index is 6.33. The molecule has 1 atom stereocenters. The molecular formula is C17H17NOS. The Kier molecular flexibility index (Phi) is 3.72. The molecular weight excluding hydrogens is 266 g/mol. The summed E-state index contributed by atoms with van der Waals surface area (Å²) in [5.41, 5.74) is 8.80. The second-order valence-electron chi connectivity index (χ2n) is 4.84. The summed E-state index contributed by atoms with van der Waals surface area (Å²) in [6, 6.07) is 16.5. The van der Waals surface area contributed by atoms with Crippen molar-refractivity contribution in [3.63, 3.8) is 0 Å². The lowest BCUT2D eigenvalue weighted by Crippen LogP contribution is -2.12. The number of nitrogens with two attached hydrogens (primary N) is 1. The molecule has 0 saturated carbocycles. The molecule has 1 heterocycles. The highest BCUT2D eigenvalue weighted by molar-refractivity contribution is 7.17. The van der Waals surface area contributed by atoms with E-state index in [1.54, 1.807) is 18.4 Å². The SMILES string of the molecule is COc1ccc(C(N)Cc2csc3ccccc23)cc1. The van der Waals surface area contributed by atoms with Crippen LogP contribution in [0, 0.1) is 0 Å². The monoisotopic (exact) mass is 283 g/mol. The Balaban J connectivity index is 1.82. The molecule has 0 spiro atoms. The molecule has 3 heteroatoms. The van der Waals surface area contributed by atoms with Crippen LogP contribution in [-0.2, 0) is 6.42 Å². The average Bonchev–Trinajstić information content (AvgIpc) is 2.91. The van der Waals surface area contributed by atoms with Gasteiger partial charge >= 0.3 is 0 Å². The standard InChI is InChI=1S/C17H17NOS/c1-19-14-8-6-12(7-9-14)16(18)10-13-11-20-17-5-3-2-4-15(13)17/h2-9,11,16H,10,18H2,1H3. The van der Waals surface area contributed by atoms with Crippen LogP contribution >= 0.6 is 11.3 Å². The minimum Gasteiger partial charge on any atom is -0.497 e. The molecule has 3 rings (SSSR count). The smallest absolute Gasteiger partial charge is 0.118 e. The molecule has 1 unspecified atom stereocenters. The summed E-state index contributed by atoms with van der Waals surface area (Å²) >= 11 is 1.78. The Morgan fingerprint density at radius 3 is 2.60 bits per heavy atom. The third-order valence-electron chi connectivity index (χ3n) is 3.54. The first kappa shape index (κ1) is 13.2. The summed E-state index contributed by atoms with van der Waals surface area (Å²) in [5.74, 6) is 0.863. The van der Waals surface area contributed by atoms with Gasteiger partial charge in [0.2, 0.25) is 0 Å². The van der Waals surface area contributed by atoms with Crippen molar-refractivity contribution in [3.8, 4) is 5.75 Å².